The van der Waals surface area contributed by atoms with E-state index in [-0.39, 0.29) is 16.3 Å². The first kappa shape index (κ1) is 12.6. The van der Waals surface area contributed by atoms with Gasteiger partial charge in [-0.25, -0.2) is 4.39 Å². The van der Waals surface area contributed by atoms with Gasteiger partial charge in [0, 0.05) is 0 Å². The maximum Gasteiger partial charge on any atom is 0.144 e. The van der Waals surface area contributed by atoms with Crippen LogP contribution in [0.2, 0.25) is 5.02 Å². The van der Waals surface area contributed by atoms with Gasteiger partial charge >= 0.3 is 0 Å². The average Bonchev–Trinajstić information content (AvgIpc) is 2.77. The third kappa shape index (κ3) is 1.91. The van der Waals surface area contributed by atoms with Gasteiger partial charge in [0.2, 0.25) is 0 Å². The molecule has 1 aromatic rings. The maximum absolute atomic E-state index is 13.5. The summed E-state index contributed by atoms with van der Waals surface area (Å²) in [5.74, 6) is 0.584. The van der Waals surface area contributed by atoms with Gasteiger partial charge in [-0.2, -0.15) is 0 Å². The molecule has 1 saturated carbocycles. The van der Waals surface area contributed by atoms with Gasteiger partial charge in [-0.1, -0.05) is 43.7 Å². The molecule has 1 fully saturated rings. The van der Waals surface area contributed by atoms with Crippen LogP contribution in [-0.2, 0) is 0 Å². The molecule has 92 valence electrons. The quantitative estimate of drug-likeness (QED) is 0.642. The summed E-state index contributed by atoms with van der Waals surface area (Å²) >= 11 is 5.91. The van der Waals surface area contributed by atoms with E-state index in [1.807, 2.05) is 6.07 Å². The van der Waals surface area contributed by atoms with Crippen LogP contribution in [0.5, 0.6) is 0 Å². The molecule has 0 bridgehead atoms. The number of benzene rings is 1. The second kappa shape index (κ2) is 3.84. The van der Waals surface area contributed by atoms with Crippen molar-refractivity contribution in [1.29, 1.82) is 0 Å². The van der Waals surface area contributed by atoms with Crippen molar-refractivity contribution in [3.8, 4) is 0 Å². The van der Waals surface area contributed by atoms with Gasteiger partial charge in [-0.15, -0.1) is 0 Å². The van der Waals surface area contributed by atoms with Crippen LogP contribution in [-0.4, -0.2) is 0 Å². The maximum atomic E-state index is 13.5. The van der Waals surface area contributed by atoms with Crippen molar-refractivity contribution < 1.29 is 4.39 Å². The third-order valence-electron chi connectivity index (χ3n) is 3.95. The predicted molar refractivity (Wildman–Crippen MR) is 71.0 cm³/mol. The van der Waals surface area contributed by atoms with Crippen LogP contribution in [0.1, 0.15) is 37.8 Å². The number of hydrogen-bond donors (Lipinski definition) is 0. The zero-order valence-electron chi connectivity index (χ0n) is 10.8. The van der Waals surface area contributed by atoms with Crippen LogP contribution in [0.25, 0.3) is 0 Å². The molecular weight excluding hydrogens is 235 g/mol. The third-order valence-corrected chi connectivity index (χ3v) is 4.22. The molecule has 0 radical (unpaired) electrons. The van der Waals surface area contributed by atoms with Gasteiger partial charge < -0.3 is 0 Å². The highest BCUT2D eigenvalue weighted by molar-refractivity contribution is 6.30. The van der Waals surface area contributed by atoms with Crippen molar-refractivity contribution in [1.82, 2.24) is 0 Å². The first-order valence-corrected chi connectivity index (χ1v) is 6.25. The second-order valence-corrected chi connectivity index (χ2v) is 6.16. The molecule has 17 heavy (non-hydrogen) atoms. The zero-order valence-corrected chi connectivity index (χ0v) is 11.5. The molecule has 1 aliphatic carbocycles. The Labute approximate surface area is 107 Å². The van der Waals surface area contributed by atoms with Crippen LogP contribution in [0.3, 0.4) is 0 Å². The topological polar surface area (TPSA) is 0 Å². The largest absolute Gasteiger partial charge is 0.205 e. The van der Waals surface area contributed by atoms with Gasteiger partial charge in [0.05, 0.1) is 5.02 Å². The number of rotatable bonds is 2. The lowest BCUT2D eigenvalue weighted by atomic mass is 10.0. The van der Waals surface area contributed by atoms with E-state index < -0.39 is 0 Å². The summed E-state index contributed by atoms with van der Waals surface area (Å²) in [5.41, 5.74) is 3.15. The fourth-order valence-corrected chi connectivity index (χ4v) is 3.39. The Balaban J connectivity index is 2.41. The summed E-state index contributed by atoms with van der Waals surface area (Å²) in [5, 5.41) is 0.225. The molecule has 0 spiro atoms. The van der Waals surface area contributed by atoms with E-state index in [0.29, 0.717) is 17.4 Å². The Morgan fingerprint density at radius 1 is 1.41 bits per heavy atom. The molecule has 2 rings (SSSR count). The zero-order chi connectivity index (χ0) is 13.0. The molecule has 0 N–H and O–H groups in total. The van der Waals surface area contributed by atoms with E-state index in [9.17, 15) is 4.39 Å². The van der Waals surface area contributed by atoms with Gasteiger partial charge in [-0.05, 0) is 48.3 Å². The van der Waals surface area contributed by atoms with E-state index >= 15 is 0 Å². The number of hydrogen-bond acceptors (Lipinski definition) is 0. The summed E-state index contributed by atoms with van der Waals surface area (Å²) in [6.07, 6.45) is 0. The fourth-order valence-electron chi connectivity index (χ4n) is 3.11. The Morgan fingerprint density at radius 3 is 2.41 bits per heavy atom. The normalized spacial score (nSPS) is 25.8. The highest BCUT2D eigenvalue weighted by atomic mass is 35.5. The fraction of sp³-hybridized carbons (Fsp3) is 0.467. The minimum Gasteiger partial charge on any atom is -0.205 e. The molecule has 1 aliphatic rings. The van der Waals surface area contributed by atoms with E-state index in [2.05, 4.69) is 27.4 Å². The molecular formula is C15H18ClF. The summed E-state index contributed by atoms with van der Waals surface area (Å²) in [4.78, 5) is 0. The molecule has 2 atom stereocenters. The number of halogens is 2. The molecule has 0 nitrogen and oxygen atoms in total. The Kier molecular flexibility index (Phi) is 2.86. The van der Waals surface area contributed by atoms with Crippen molar-refractivity contribution in [2.24, 2.45) is 11.3 Å². The van der Waals surface area contributed by atoms with Crippen LogP contribution in [0, 0.1) is 24.1 Å². The molecule has 2 heteroatoms. The van der Waals surface area contributed by atoms with Crippen molar-refractivity contribution >= 4 is 11.6 Å². The van der Waals surface area contributed by atoms with E-state index in [1.165, 1.54) is 5.57 Å². The minimum atomic E-state index is -0.305. The van der Waals surface area contributed by atoms with Crippen molar-refractivity contribution in [2.45, 2.75) is 33.6 Å². The average molecular weight is 253 g/mol. The number of aryl methyl sites for hydroxylation is 1. The summed E-state index contributed by atoms with van der Waals surface area (Å²) < 4.78 is 13.5. The number of allylic oxidation sites excluding steroid dienone is 1. The summed E-state index contributed by atoms with van der Waals surface area (Å²) in [6, 6.07) is 3.68. The summed E-state index contributed by atoms with van der Waals surface area (Å²) in [6.45, 7) is 12.3. The standard InChI is InChI=1S/C15H18ClF/c1-8(2)12-13(15(12,4)5)10-6-9(3)14(17)11(16)7-10/h6-7,12-13H,1H2,2-5H3. The van der Waals surface area contributed by atoms with Crippen LogP contribution >= 0.6 is 11.6 Å². The van der Waals surface area contributed by atoms with Crippen LogP contribution in [0.4, 0.5) is 4.39 Å². The Hall–Kier alpha value is -0.820. The van der Waals surface area contributed by atoms with Gasteiger partial charge in [0.15, 0.2) is 0 Å². The Morgan fingerprint density at radius 2 is 2.00 bits per heavy atom. The highest BCUT2D eigenvalue weighted by Gasteiger charge is 2.58. The second-order valence-electron chi connectivity index (χ2n) is 5.76. The first-order chi connectivity index (χ1) is 7.76. The van der Waals surface area contributed by atoms with E-state index in [1.54, 1.807) is 13.0 Å². The van der Waals surface area contributed by atoms with E-state index in [4.69, 9.17) is 11.6 Å². The lowest BCUT2D eigenvalue weighted by molar-refractivity contribution is 0.583. The van der Waals surface area contributed by atoms with Gasteiger partial charge in [0.25, 0.3) is 0 Å². The van der Waals surface area contributed by atoms with Crippen LogP contribution < -0.4 is 0 Å². The van der Waals surface area contributed by atoms with Gasteiger partial charge in [0.1, 0.15) is 5.82 Å². The van der Waals surface area contributed by atoms with Crippen LogP contribution in [0.15, 0.2) is 24.3 Å². The lowest BCUT2D eigenvalue weighted by Crippen LogP contribution is -1.93. The molecule has 0 amide bonds. The summed E-state index contributed by atoms with van der Waals surface area (Å²) in [7, 11) is 0. The molecule has 1 aromatic carbocycles. The molecule has 2 unspecified atom stereocenters. The first-order valence-electron chi connectivity index (χ1n) is 5.87. The highest BCUT2D eigenvalue weighted by Crippen LogP contribution is 2.67. The van der Waals surface area contributed by atoms with Gasteiger partial charge in [-0.3, -0.25) is 0 Å². The smallest absolute Gasteiger partial charge is 0.144 e. The SMILES string of the molecule is C=C(C)C1C(c2cc(C)c(F)c(Cl)c2)C1(C)C. The predicted octanol–water partition coefficient (Wildman–Crippen LogP) is 5.10. The van der Waals surface area contributed by atoms with Crippen molar-refractivity contribution in [3.63, 3.8) is 0 Å². The van der Waals surface area contributed by atoms with Crippen molar-refractivity contribution in [3.05, 3.63) is 46.3 Å². The molecule has 0 aliphatic heterocycles. The Bertz CT molecular complexity index is 465. The lowest BCUT2D eigenvalue weighted by Gasteiger charge is -2.07. The molecule has 0 heterocycles. The molecule has 0 saturated heterocycles. The minimum absolute atomic E-state index is 0.208. The van der Waals surface area contributed by atoms with Crippen molar-refractivity contribution in [2.75, 3.05) is 0 Å². The van der Waals surface area contributed by atoms with E-state index in [0.717, 1.165) is 5.56 Å². The molecule has 0 aromatic heterocycles. The monoisotopic (exact) mass is 252 g/mol.